The van der Waals surface area contributed by atoms with Gasteiger partial charge in [0, 0.05) is 50.4 Å². The molecule has 1 unspecified atom stereocenters. The van der Waals surface area contributed by atoms with Gasteiger partial charge >= 0.3 is 0 Å². The Labute approximate surface area is 163 Å². The Hall–Kier alpha value is -1.48. The van der Waals surface area contributed by atoms with Crippen LogP contribution in [0.5, 0.6) is 0 Å². The molecule has 2 aromatic heterocycles. The Morgan fingerprint density at radius 2 is 2.12 bits per heavy atom. The van der Waals surface area contributed by atoms with Crippen LogP contribution in [0, 0.1) is 5.92 Å². The van der Waals surface area contributed by atoms with Crippen molar-refractivity contribution in [1.82, 2.24) is 15.3 Å². The molecule has 1 N–H and O–H groups in total. The molecular formula is C17H17ClFN5S2. The zero-order valence-corrected chi connectivity index (χ0v) is 16.5. The van der Waals surface area contributed by atoms with Gasteiger partial charge in [0.15, 0.2) is 0 Å². The largest absolute Gasteiger partial charge is 0.361 e. The Morgan fingerprint density at radius 1 is 1.31 bits per heavy atom. The summed E-state index contributed by atoms with van der Waals surface area (Å²) in [7, 11) is 1.83. The second-order valence-electron chi connectivity index (χ2n) is 6.64. The Kier molecular flexibility index (Phi) is 4.04. The third kappa shape index (κ3) is 2.67. The topological polar surface area (TPSA) is 43.8 Å². The predicted molar refractivity (Wildman–Crippen MR) is 108 cm³/mol. The maximum atomic E-state index is 14.5. The van der Waals surface area contributed by atoms with Crippen LogP contribution in [-0.4, -0.2) is 55.5 Å². The maximum absolute atomic E-state index is 14.5. The van der Waals surface area contributed by atoms with Crippen LogP contribution in [0.2, 0.25) is 0 Å². The average Bonchev–Trinajstić information content (AvgIpc) is 3.31. The van der Waals surface area contributed by atoms with Crippen molar-refractivity contribution in [3.8, 4) is 0 Å². The fraction of sp³-hybridized carbons (Fsp3) is 0.412. The SMILES string of the molecule is CN1CC2C(=N1)C(F)=CC(c1nc3sc(N4CCNCC4)cc3s1)=C2Cl. The van der Waals surface area contributed by atoms with Gasteiger partial charge in [0.25, 0.3) is 0 Å². The van der Waals surface area contributed by atoms with Gasteiger partial charge in [-0.3, -0.25) is 5.01 Å². The summed E-state index contributed by atoms with van der Waals surface area (Å²) >= 11 is 9.89. The minimum absolute atomic E-state index is 0.194. The van der Waals surface area contributed by atoms with Crippen LogP contribution < -0.4 is 10.2 Å². The molecule has 3 aliphatic rings. The van der Waals surface area contributed by atoms with Gasteiger partial charge in [0.2, 0.25) is 0 Å². The third-order valence-corrected chi connectivity index (χ3v) is 7.59. The lowest BCUT2D eigenvalue weighted by Gasteiger charge is -2.27. The van der Waals surface area contributed by atoms with Crippen LogP contribution >= 0.6 is 34.3 Å². The molecule has 136 valence electrons. The van der Waals surface area contributed by atoms with Gasteiger partial charge in [-0.15, -0.1) is 11.3 Å². The molecule has 0 aromatic carbocycles. The molecule has 1 saturated heterocycles. The molecule has 0 amide bonds. The van der Waals surface area contributed by atoms with E-state index in [-0.39, 0.29) is 11.7 Å². The molecule has 4 heterocycles. The summed E-state index contributed by atoms with van der Waals surface area (Å²) in [4.78, 5) is 8.14. The number of piperazine rings is 1. The van der Waals surface area contributed by atoms with Crippen LogP contribution in [0.25, 0.3) is 15.1 Å². The van der Waals surface area contributed by atoms with Crippen molar-refractivity contribution in [3.05, 3.63) is 28.0 Å². The lowest BCUT2D eigenvalue weighted by Crippen LogP contribution is -2.43. The van der Waals surface area contributed by atoms with E-state index in [0.717, 1.165) is 40.7 Å². The number of nitrogens with zero attached hydrogens (tertiary/aromatic N) is 4. The first-order valence-corrected chi connectivity index (χ1v) is 10.5. The molecule has 5 nitrogen and oxygen atoms in total. The van der Waals surface area contributed by atoms with Gasteiger partial charge in [-0.2, -0.15) is 5.10 Å². The van der Waals surface area contributed by atoms with Crippen molar-refractivity contribution in [3.63, 3.8) is 0 Å². The number of nitrogens with one attached hydrogen (secondary N) is 1. The van der Waals surface area contributed by atoms with Gasteiger partial charge in [0.05, 0.1) is 15.6 Å². The average molecular weight is 410 g/mol. The van der Waals surface area contributed by atoms with Crippen LogP contribution in [0.1, 0.15) is 5.01 Å². The number of thiophene rings is 1. The summed E-state index contributed by atoms with van der Waals surface area (Å²) in [5.41, 5.74) is 1.13. The summed E-state index contributed by atoms with van der Waals surface area (Å²) in [5.74, 6) is -0.501. The molecule has 1 atom stereocenters. The van der Waals surface area contributed by atoms with Crippen molar-refractivity contribution in [1.29, 1.82) is 0 Å². The maximum Gasteiger partial charge on any atom is 0.147 e. The minimum atomic E-state index is -0.307. The molecular weight excluding hydrogens is 393 g/mol. The van der Waals surface area contributed by atoms with E-state index in [1.54, 1.807) is 27.7 Å². The zero-order valence-electron chi connectivity index (χ0n) is 14.1. The quantitative estimate of drug-likeness (QED) is 0.824. The number of fused-ring (bicyclic) bond motifs is 2. The van der Waals surface area contributed by atoms with E-state index in [0.29, 0.717) is 22.9 Å². The number of hydrogen-bond donors (Lipinski definition) is 1. The summed E-state index contributed by atoms with van der Waals surface area (Å²) in [5, 5.41) is 12.0. The Bertz CT molecular complexity index is 938. The van der Waals surface area contributed by atoms with E-state index >= 15 is 0 Å². The van der Waals surface area contributed by atoms with E-state index in [1.165, 1.54) is 11.1 Å². The molecule has 0 bridgehead atoms. The summed E-state index contributed by atoms with van der Waals surface area (Å²) in [6.45, 7) is 4.66. The molecule has 0 spiro atoms. The van der Waals surface area contributed by atoms with Crippen molar-refractivity contribution in [2.24, 2.45) is 11.0 Å². The fourth-order valence-corrected chi connectivity index (χ4v) is 6.23. The van der Waals surface area contributed by atoms with Crippen molar-refractivity contribution >= 4 is 60.1 Å². The lowest BCUT2D eigenvalue weighted by atomic mass is 9.94. The van der Waals surface area contributed by atoms with E-state index in [4.69, 9.17) is 16.6 Å². The monoisotopic (exact) mass is 409 g/mol. The Balaban J connectivity index is 1.49. The molecule has 0 radical (unpaired) electrons. The molecule has 2 aliphatic heterocycles. The number of rotatable bonds is 2. The van der Waals surface area contributed by atoms with Crippen LogP contribution in [0.15, 0.2) is 28.1 Å². The highest BCUT2D eigenvalue weighted by Crippen LogP contribution is 2.43. The summed E-state index contributed by atoms with van der Waals surface area (Å²) in [6, 6.07) is 2.19. The number of thiazole rings is 1. The normalized spacial score (nSPS) is 23.6. The lowest BCUT2D eigenvalue weighted by molar-refractivity contribution is 0.375. The van der Waals surface area contributed by atoms with Crippen molar-refractivity contribution < 1.29 is 4.39 Å². The highest BCUT2D eigenvalue weighted by molar-refractivity contribution is 7.29. The number of aromatic nitrogens is 1. The van der Waals surface area contributed by atoms with E-state index < -0.39 is 0 Å². The van der Waals surface area contributed by atoms with Gasteiger partial charge in [-0.1, -0.05) is 22.9 Å². The molecule has 26 heavy (non-hydrogen) atoms. The number of hydrogen-bond acceptors (Lipinski definition) is 7. The van der Waals surface area contributed by atoms with E-state index in [1.807, 2.05) is 7.05 Å². The van der Waals surface area contributed by atoms with E-state index in [9.17, 15) is 4.39 Å². The first-order valence-electron chi connectivity index (χ1n) is 8.53. The molecule has 1 aliphatic carbocycles. The van der Waals surface area contributed by atoms with Gasteiger partial charge in [0.1, 0.15) is 21.4 Å². The van der Waals surface area contributed by atoms with E-state index in [2.05, 4.69) is 21.4 Å². The van der Waals surface area contributed by atoms with Crippen LogP contribution in [0.4, 0.5) is 9.39 Å². The Morgan fingerprint density at radius 3 is 2.88 bits per heavy atom. The third-order valence-electron chi connectivity index (χ3n) is 4.87. The first kappa shape index (κ1) is 16.7. The fourth-order valence-electron chi connectivity index (χ4n) is 3.56. The van der Waals surface area contributed by atoms with Crippen molar-refractivity contribution in [2.75, 3.05) is 44.7 Å². The van der Waals surface area contributed by atoms with Crippen LogP contribution in [0.3, 0.4) is 0 Å². The second-order valence-corrected chi connectivity index (χ2v) is 9.09. The highest BCUT2D eigenvalue weighted by Gasteiger charge is 2.36. The van der Waals surface area contributed by atoms with Gasteiger partial charge in [-0.25, -0.2) is 9.37 Å². The van der Waals surface area contributed by atoms with Gasteiger partial charge < -0.3 is 10.2 Å². The minimum Gasteiger partial charge on any atom is -0.361 e. The first-order chi connectivity index (χ1) is 12.6. The zero-order chi connectivity index (χ0) is 17.8. The molecule has 1 fully saturated rings. The number of hydrazone groups is 1. The second kappa shape index (κ2) is 6.30. The smallest absolute Gasteiger partial charge is 0.147 e. The number of anilines is 1. The standard InChI is InChI=1S/C17H17ClFN5S2/c1-23-8-10-14(18)9(6-11(19)15(10)22-23)16-21-17-12(25-16)7-13(26-17)24-4-2-20-3-5-24/h6-7,10,20H,2-5,8H2,1H3. The number of halogens is 2. The number of allylic oxidation sites excluding steroid dienone is 3. The molecule has 2 aromatic rings. The highest BCUT2D eigenvalue weighted by atomic mass is 35.5. The molecule has 9 heteroatoms. The van der Waals surface area contributed by atoms with Crippen molar-refractivity contribution in [2.45, 2.75) is 0 Å². The van der Waals surface area contributed by atoms with Crippen LogP contribution in [-0.2, 0) is 0 Å². The predicted octanol–water partition coefficient (Wildman–Crippen LogP) is 3.50. The van der Waals surface area contributed by atoms with Gasteiger partial charge in [-0.05, 0) is 12.1 Å². The molecule has 5 rings (SSSR count). The molecule has 0 saturated carbocycles. The summed E-state index contributed by atoms with van der Waals surface area (Å²) < 4.78 is 15.6. The summed E-state index contributed by atoms with van der Waals surface area (Å²) in [6.07, 6.45) is 1.48.